The second-order valence-electron chi connectivity index (χ2n) is 8.75. The number of fused-ring (bicyclic) bond motifs is 1. The molecular weight excluding hydrogens is 404 g/mol. The Bertz CT molecular complexity index is 951. The molecule has 4 rings (SSSR count). The Morgan fingerprint density at radius 1 is 1.00 bits per heavy atom. The van der Waals surface area contributed by atoms with E-state index in [1.54, 1.807) is 11.3 Å². The summed E-state index contributed by atoms with van der Waals surface area (Å²) in [6.07, 6.45) is 1.29. The van der Waals surface area contributed by atoms with E-state index in [9.17, 15) is 0 Å². The van der Waals surface area contributed by atoms with E-state index < -0.39 is 0 Å². The highest BCUT2D eigenvalue weighted by Gasteiger charge is 2.18. The molecule has 2 heterocycles. The number of benzene rings is 2. The van der Waals surface area contributed by atoms with Gasteiger partial charge in [0.05, 0.1) is 16.3 Å². The Kier molecular flexibility index (Phi) is 7.43. The molecule has 6 heteroatoms. The van der Waals surface area contributed by atoms with Gasteiger partial charge in [-0.15, -0.1) is 0 Å². The van der Waals surface area contributed by atoms with Gasteiger partial charge in [-0.2, -0.15) is 0 Å². The monoisotopic (exact) mass is 438 g/mol. The molecule has 1 unspecified atom stereocenters. The molecule has 1 saturated heterocycles. The van der Waals surface area contributed by atoms with Gasteiger partial charge in [0.25, 0.3) is 5.19 Å². The predicted molar refractivity (Wildman–Crippen MR) is 131 cm³/mol. The standard InChI is InChI=1S/C25H34N4OS/c1-19(2)30-25-27-23-10-9-22(17-24(23)31-25)26-20(3)18-29-15-13-28(14-16-29)12-11-21-7-5-4-6-8-21/h4-10,17,19-20,26H,11-16,18H2,1-3H3. The summed E-state index contributed by atoms with van der Waals surface area (Å²) in [6, 6.07) is 17.6. The molecule has 1 aliphatic heterocycles. The highest BCUT2D eigenvalue weighted by molar-refractivity contribution is 7.20. The first-order valence-corrected chi connectivity index (χ1v) is 12.2. The topological polar surface area (TPSA) is 40.6 Å². The van der Waals surface area contributed by atoms with Crippen LogP contribution in [-0.4, -0.2) is 66.2 Å². The maximum atomic E-state index is 5.75. The van der Waals surface area contributed by atoms with Crippen molar-refractivity contribution in [3.8, 4) is 5.19 Å². The number of ether oxygens (including phenoxy) is 1. The first-order chi connectivity index (χ1) is 15.0. The van der Waals surface area contributed by atoms with Gasteiger partial charge in [0, 0.05) is 51.0 Å². The van der Waals surface area contributed by atoms with Crippen molar-refractivity contribution in [1.82, 2.24) is 14.8 Å². The van der Waals surface area contributed by atoms with Crippen LogP contribution < -0.4 is 10.1 Å². The molecule has 1 fully saturated rings. The number of aromatic nitrogens is 1. The molecular formula is C25H34N4OS. The SMILES string of the molecule is CC(CN1CCN(CCc2ccccc2)CC1)Nc1ccc2nc(OC(C)C)sc2c1. The van der Waals surface area contributed by atoms with E-state index in [0.717, 1.165) is 62.1 Å². The van der Waals surface area contributed by atoms with E-state index in [2.05, 4.69) is 75.6 Å². The van der Waals surface area contributed by atoms with Crippen LogP contribution in [0.1, 0.15) is 26.3 Å². The van der Waals surface area contributed by atoms with E-state index in [0.29, 0.717) is 6.04 Å². The molecule has 0 saturated carbocycles. The number of hydrogen-bond acceptors (Lipinski definition) is 6. The molecule has 3 aromatic rings. The first kappa shape index (κ1) is 22.1. The van der Waals surface area contributed by atoms with Crippen LogP contribution >= 0.6 is 11.3 Å². The fourth-order valence-corrected chi connectivity index (χ4v) is 5.07. The third-order valence-corrected chi connectivity index (χ3v) is 6.58. The quantitative estimate of drug-likeness (QED) is 0.522. The summed E-state index contributed by atoms with van der Waals surface area (Å²) in [6.45, 7) is 13.2. The van der Waals surface area contributed by atoms with Crippen molar-refractivity contribution in [2.24, 2.45) is 0 Å². The molecule has 5 nitrogen and oxygen atoms in total. The summed E-state index contributed by atoms with van der Waals surface area (Å²) < 4.78 is 6.91. The zero-order valence-corrected chi connectivity index (χ0v) is 19.7. The summed E-state index contributed by atoms with van der Waals surface area (Å²) in [5.74, 6) is 0. The van der Waals surface area contributed by atoms with Crippen LogP contribution in [0.2, 0.25) is 0 Å². The molecule has 1 atom stereocenters. The number of rotatable bonds is 9. The predicted octanol–water partition coefficient (Wildman–Crippen LogP) is 4.74. The summed E-state index contributed by atoms with van der Waals surface area (Å²) >= 11 is 1.62. The Morgan fingerprint density at radius 2 is 1.74 bits per heavy atom. The van der Waals surface area contributed by atoms with Crippen LogP contribution in [0, 0.1) is 0 Å². The highest BCUT2D eigenvalue weighted by Crippen LogP contribution is 2.30. The lowest BCUT2D eigenvalue weighted by Crippen LogP contribution is -2.49. The zero-order valence-electron chi connectivity index (χ0n) is 18.9. The van der Waals surface area contributed by atoms with Gasteiger partial charge in [-0.25, -0.2) is 4.98 Å². The van der Waals surface area contributed by atoms with Gasteiger partial charge in [0.1, 0.15) is 0 Å². The molecule has 1 N–H and O–H groups in total. The van der Waals surface area contributed by atoms with Crippen molar-refractivity contribution in [3.63, 3.8) is 0 Å². The maximum absolute atomic E-state index is 5.75. The van der Waals surface area contributed by atoms with Crippen molar-refractivity contribution in [3.05, 3.63) is 54.1 Å². The van der Waals surface area contributed by atoms with Crippen molar-refractivity contribution in [2.75, 3.05) is 44.6 Å². The smallest absolute Gasteiger partial charge is 0.274 e. The Labute approximate surface area is 190 Å². The molecule has 31 heavy (non-hydrogen) atoms. The fourth-order valence-electron chi connectivity index (χ4n) is 4.09. The maximum Gasteiger partial charge on any atom is 0.274 e. The minimum atomic E-state index is 0.150. The lowest BCUT2D eigenvalue weighted by Gasteiger charge is -2.36. The van der Waals surface area contributed by atoms with Crippen LogP contribution in [-0.2, 0) is 6.42 Å². The Morgan fingerprint density at radius 3 is 2.48 bits per heavy atom. The van der Waals surface area contributed by atoms with Crippen molar-refractivity contribution in [1.29, 1.82) is 0 Å². The summed E-state index contributed by atoms with van der Waals surface area (Å²) in [5, 5.41) is 4.42. The first-order valence-electron chi connectivity index (χ1n) is 11.4. The fraction of sp³-hybridized carbons (Fsp3) is 0.480. The molecule has 1 aliphatic rings. The number of piperazine rings is 1. The number of hydrogen-bond donors (Lipinski definition) is 1. The Hall–Kier alpha value is -2.15. The number of nitrogens with one attached hydrogen (secondary N) is 1. The van der Waals surface area contributed by atoms with E-state index in [1.165, 1.54) is 10.3 Å². The lowest BCUT2D eigenvalue weighted by molar-refractivity contribution is 0.131. The minimum Gasteiger partial charge on any atom is -0.467 e. The van der Waals surface area contributed by atoms with Gasteiger partial charge in [-0.3, -0.25) is 4.90 Å². The van der Waals surface area contributed by atoms with E-state index >= 15 is 0 Å². The molecule has 0 spiro atoms. The Balaban J connectivity index is 1.22. The number of nitrogens with zero attached hydrogens (tertiary/aromatic N) is 3. The van der Waals surface area contributed by atoms with E-state index in [4.69, 9.17) is 4.74 Å². The summed E-state index contributed by atoms with van der Waals surface area (Å²) in [4.78, 5) is 9.74. The van der Waals surface area contributed by atoms with Gasteiger partial charge in [-0.1, -0.05) is 41.7 Å². The van der Waals surface area contributed by atoms with E-state index in [-0.39, 0.29) is 6.10 Å². The summed E-state index contributed by atoms with van der Waals surface area (Å²) in [7, 11) is 0. The zero-order chi connectivity index (χ0) is 21.6. The minimum absolute atomic E-state index is 0.150. The van der Waals surface area contributed by atoms with Gasteiger partial charge in [-0.05, 0) is 51.0 Å². The van der Waals surface area contributed by atoms with Crippen molar-refractivity contribution in [2.45, 2.75) is 39.3 Å². The average Bonchev–Trinajstić information content (AvgIpc) is 3.14. The lowest BCUT2D eigenvalue weighted by atomic mass is 10.1. The van der Waals surface area contributed by atoms with E-state index in [1.807, 2.05) is 13.8 Å². The van der Waals surface area contributed by atoms with Crippen LogP contribution in [0.5, 0.6) is 5.19 Å². The molecule has 0 amide bonds. The van der Waals surface area contributed by atoms with Crippen LogP contribution in [0.25, 0.3) is 10.2 Å². The molecule has 166 valence electrons. The van der Waals surface area contributed by atoms with Gasteiger partial charge in [0.2, 0.25) is 0 Å². The highest BCUT2D eigenvalue weighted by atomic mass is 32.1. The largest absolute Gasteiger partial charge is 0.467 e. The van der Waals surface area contributed by atoms with Crippen LogP contribution in [0.15, 0.2) is 48.5 Å². The van der Waals surface area contributed by atoms with Crippen LogP contribution in [0.4, 0.5) is 5.69 Å². The number of anilines is 1. The average molecular weight is 439 g/mol. The normalized spacial score (nSPS) is 16.6. The summed E-state index contributed by atoms with van der Waals surface area (Å²) in [5.41, 5.74) is 3.59. The molecule has 0 radical (unpaired) electrons. The third kappa shape index (κ3) is 6.42. The van der Waals surface area contributed by atoms with Gasteiger partial charge in [0.15, 0.2) is 0 Å². The second kappa shape index (κ2) is 10.4. The van der Waals surface area contributed by atoms with Gasteiger partial charge >= 0.3 is 0 Å². The molecule has 0 aliphatic carbocycles. The third-order valence-electron chi connectivity index (χ3n) is 5.67. The molecule has 1 aromatic heterocycles. The molecule has 0 bridgehead atoms. The van der Waals surface area contributed by atoms with Gasteiger partial charge < -0.3 is 15.0 Å². The second-order valence-corrected chi connectivity index (χ2v) is 9.75. The van der Waals surface area contributed by atoms with Crippen molar-refractivity contribution < 1.29 is 4.74 Å². The molecule has 2 aromatic carbocycles. The van der Waals surface area contributed by atoms with Crippen molar-refractivity contribution >= 4 is 27.2 Å². The van der Waals surface area contributed by atoms with Crippen LogP contribution in [0.3, 0.4) is 0 Å². The number of thiazole rings is 1.